The van der Waals surface area contributed by atoms with Crippen LogP contribution in [0.25, 0.3) is 0 Å². The summed E-state index contributed by atoms with van der Waals surface area (Å²) in [4.78, 5) is 14.1. The Kier molecular flexibility index (Phi) is 6.49. The van der Waals surface area contributed by atoms with E-state index >= 15 is 0 Å². The smallest absolute Gasteiger partial charge is 0.379 e. The Morgan fingerprint density at radius 1 is 1.10 bits per heavy atom. The minimum absolute atomic E-state index is 0.0122. The summed E-state index contributed by atoms with van der Waals surface area (Å²) in [6.07, 6.45) is -4.42. The van der Waals surface area contributed by atoms with E-state index in [-0.39, 0.29) is 30.1 Å². The molecule has 0 atom stereocenters. The van der Waals surface area contributed by atoms with Gasteiger partial charge in [0.1, 0.15) is 0 Å². The van der Waals surface area contributed by atoms with E-state index in [0.29, 0.717) is 18.8 Å². The number of sulfonamides is 1. The molecule has 1 aliphatic heterocycles. The highest BCUT2D eigenvalue weighted by Gasteiger charge is 2.30. The number of hydrogen-bond acceptors (Lipinski definition) is 4. The predicted octanol–water partition coefficient (Wildman–Crippen LogP) is 3.00. The molecule has 1 saturated heterocycles. The zero-order chi connectivity index (χ0) is 21.9. The zero-order valence-electron chi connectivity index (χ0n) is 16.2. The molecule has 0 unspecified atom stereocenters. The molecule has 0 saturated carbocycles. The number of halogens is 3. The second-order valence-electron chi connectivity index (χ2n) is 6.90. The highest BCUT2D eigenvalue weighted by molar-refractivity contribution is 7.89. The van der Waals surface area contributed by atoms with Gasteiger partial charge < -0.3 is 9.64 Å². The lowest BCUT2D eigenvalue weighted by Gasteiger charge is -2.26. The normalized spacial score (nSPS) is 15.7. The maximum absolute atomic E-state index is 12.8. The number of hydrogen-bond donors (Lipinski definition) is 0. The van der Waals surface area contributed by atoms with Crippen LogP contribution in [0.4, 0.5) is 13.2 Å². The molecule has 10 heteroatoms. The van der Waals surface area contributed by atoms with E-state index in [2.05, 4.69) is 0 Å². The van der Waals surface area contributed by atoms with E-state index in [4.69, 9.17) is 4.74 Å². The van der Waals surface area contributed by atoms with E-state index in [1.165, 1.54) is 52.7 Å². The van der Waals surface area contributed by atoms with Crippen LogP contribution in [0.3, 0.4) is 0 Å². The van der Waals surface area contributed by atoms with Crippen molar-refractivity contribution >= 4 is 15.9 Å². The van der Waals surface area contributed by atoms with Crippen molar-refractivity contribution in [2.75, 3.05) is 33.4 Å². The summed E-state index contributed by atoms with van der Waals surface area (Å²) in [5.74, 6) is -0.436. The fourth-order valence-electron chi connectivity index (χ4n) is 3.09. The molecule has 6 nitrogen and oxygen atoms in total. The highest BCUT2D eigenvalue weighted by atomic mass is 32.2. The fraction of sp³-hybridized carbons (Fsp3) is 0.350. The largest absolute Gasteiger partial charge is 0.416 e. The molecule has 2 aromatic rings. The zero-order valence-corrected chi connectivity index (χ0v) is 17.0. The number of carbonyl (C=O) groups is 1. The van der Waals surface area contributed by atoms with E-state index in [9.17, 15) is 26.4 Å². The molecule has 1 fully saturated rings. The first-order valence-corrected chi connectivity index (χ1v) is 10.6. The molecule has 0 aromatic heterocycles. The van der Waals surface area contributed by atoms with Crippen molar-refractivity contribution in [3.8, 4) is 0 Å². The molecule has 1 amide bonds. The highest BCUT2D eigenvalue weighted by Crippen LogP contribution is 2.29. The van der Waals surface area contributed by atoms with Gasteiger partial charge >= 0.3 is 6.18 Å². The quantitative estimate of drug-likeness (QED) is 0.714. The summed E-state index contributed by atoms with van der Waals surface area (Å²) < 4.78 is 70.1. The molecular formula is C20H21F3N2O4S. The fourth-order valence-corrected chi connectivity index (χ4v) is 4.55. The summed E-state index contributed by atoms with van der Waals surface area (Å²) in [5.41, 5.74) is -0.0593. The topological polar surface area (TPSA) is 66.9 Å². The molecule has 0 radical (unpaired) electrons. The van der Waals surface area contributed by atoms with Gasteiger partial charge in [-0.25, -0.2) is 8.42 Å². The van der Waals surface area contributed by atoms with Gasteiger partial charge in [-0.05, 0) is 35.9 Å². The van der Waals surface area contributed by atoms with Crippen molar-refractivity contribution in [1.29, 1.82) is 0 Å². The van der Waals surface area contributed by atoms with Gasteiger partial charge in [0.15, 0.2) is 0 Å². The van der Waals surface area contributed by atoms with E-state index < -0.39 is 27.7 Å². The second kappa shape index (κ2) is 8.75. The third-order valence-corrected chi connectivity index (χ3v) is 6.63. The van der Waals surface area contributed by atoms with Crippen LogP contribution in [-0.2, 0) is 27.5 Å². The van der Waals surface area contributed by atoms with Crippen molar-refractivity contribution in [2.45, 2.75) is 17.6 Å². The maximum Gasteiger partial charge on any atom is 0.416 e. The van der Waals surface area contributed by atoms with Crippen LogP contribution in [0.5, 0.6) is 0 Å². The van der Waals surface area contributed by atoms with Gasteiger partial charge in [-0.15, -0.1) is 0 Å². The molecule has 0 bridgehead atoms. The number of benzene rings is 2. The summed E-state index contributed by atoms with van der Waals surface area (Å²) in [6, 6.07) is 10.3. The van der Waals surface area contributed by atoms with E-state index in [0.717, 1.165) is 12.1 Å². The average Bonchev–Trinajstić information content (AvgIpc) is 2.73. The predicted molar refractivity (Wildman–Crippen MR) is 103 cm³/mol. The van der Waals surface area contributed by atoms with Crippen molar-refractivity contribution in [3.05, 3.63) is 65.2 Å². The number of carbonyl (C=O) groups excluding carboxylic acids is 1. The van der Waals surface area contributed by atoms with E-state index in [1.807, 2.05) is 0 Å². The molecule has 30 heavy (non-hydrogen) atoms. The van der Waals surface area contributed by atoms with Crippen LogP contribution < -0.4 is 0 Å². The van der Waals surface area contributed by atoms with Crippen LogP contribution in [-0.4, -0.2) is 56.9 Å². The van der Waals surface area contributed by atoms with Gasteiger partial charge in [0, 0.05) is 32.2 Å². The molecule has 0 aliphatic carbocycles. The first-order valence-electron chi connectivity index (χ1n) is 9.18. The summed E-state index contributed by atoms with van der Waals surface area (Å²) in [6.45, 7) is 1.20. The van der Waals surface area contributed by atoms with Gasteiger partial charge in [0.2, 0.25) is 10.0 Å². The monoisotopic (exact) mass is 442 g/mol. The third-order valence-electron chi connectivity index (χ3n) is 4.74. The number of nitrogens with zero attached hydrogens (tertiary/aromatic N) is 2. The van der Waals surface area contributed by atoms with E-state index in [1.54, 1.807) is 0 Å². The minimum Gasteiger partial charge on any atom is -0.379 e. The Morgan fingerprint density at radius 3 is 2.33 bits per heavy atom. The first-order chi connectivity index (χ1) is 14.1. The molecule has 3 rings (SSSR count). The third kappa shape index (κ3) is 5.00. The van der Waals surface area contributed by atoms with Crippen LogP contribution in [0.2, 0.25) is 0 Å². The SMILES string of the molecule is CN(Cc1ccc(C(F)(F)F)cc1)C(=O)c1cccc(S(=O)(=O)N2CCOCC2)c1. The van der Waals surface area contributed by atoms with Gasteiger partial charge in [0.05, 0.1) is 23.7 Å². The first kappa shape index (κ1) is 22.3. The number of ether oxygens (including phenoxy) is 1. The summed E-state index contributed by atoms with van der Waals surface area (Å²) in [5, 5.41) is 0. The Bertz CT molecular complexity index is 1000. The van der Waals surface area contributed by atoms with Crippen molar-refractivity contribution in [2.24, 2.45) is 0 Å². The lowest BCUT2D eigenvalue weighted by Crippen LogP contribution is -2.40. The van der Waals surface area contributed by atoms with Gasteiger partial charge in [0.25, 0.3) is 5.91 Å². The Labute approximate surface area is 172 Å². The van der Waals surface area contributed by atoms with Crippen molar-refractivity contribution < 1.29 is 31.1 Å². The maximum atomic E-state index is 12.8. The van der Waals surface area contributed by atoms with Crippen LogP contribution in [0, 0.1) is 0 Å². The molecule has 162 valence electrons. The number of morpholine rings is 1. The van der Waals surface area contributed by atoms with Crippen molar-refractivity contribution in [1.82, 2.24) is 9.21 Å². The molecule has 1 heterocycles. The second-order valence-corrected chi connectivity index (χ2v) is 8.84. The standard InChI is InChI=1S/C20H21F3N2O4S/c1-24(14-15-5-7-17(8-6-15)20(21,22)23)19(26)16-3-2-4-18(13-16)30(27,28)25-9-11-29-12-10-25/h2-8,13H,9-12,14H2,1H3. The molecule has 1 aliphatic rings. The lowest BCUT2D eigenvalue weighted by atomic mass is 10.1. The Morgan fingerprint density at radius 2 is 1.73 bits per heavy atom. The number of rotatable bonds is 5. The number of amides is 1. The number of alkyl halides is 3. The summed E-state index contributed by atoms with van der Waals surface area (Å²) in [7, 11) is -2.24. The van der Waals surface area contributed by atoms with Crippen LogP contribution in [0.15, 0.2) is 53.4 Å². The van der Waals surface area contributed by atoms with Gasteiger partial charge in [-0.2, -0.15) is 17.5 Å². The van der Waals surface area contributed by atoms with Gasteiger partial charge in [-0.1, -0.05) is 18.2 Å². The van der Waals surface area contributed by atoms with Crippen molar-refractivity contribution in [3.63, 3.8) is 0 Å². The Hall–Kier alpha value is -2.43. The lowest BCUT2D eigenvalue weighted by molar-refractivity contribution is -0.137. The Balaban J connectivity index is 1.74. The summed E-state index contributed by atoms with van der Waals surface area (Å²) >= 11 is 0. The molecular weight excluding hydrogens is 421 g/mol. The van der Waals surface area contributed by atoms with Crippen LogP contribution >= 0.6 is 0 Å². The average molecular weight is 442 g/mol. The minimum atomic E-state index is -4.42. The van der Waals surface area contributed by atoms with Crippen LogP contribution in [0.1, 0.15) is 21.5 Å². The van der Waals surface area contributed by atoms with Gasteiger partial charge in [-0.3, -0.25) is 4.79 Å². The molecule has 0 spiro atoms. The molecule has 2 aromatic carbocycles. The molecule has 0 N–H and O–H groups in total.